The summed E-state index contributed by atoms with van der Waals surface area (Å²) in [5.41, 5.74) is 5.16. The number of rotatable bonds is 9. The maximum atomic E-state index is 12.7. The summed E-state index contributed by atoms with van der Waals surface area (Å²) in [7, 11) is 0. The number of hydrogen-bond acceptors (Lipinski definition) is 5. The third kappa shape index (κ3) is 5.72. The highest BCUT2D eigenvalue weighted by Crippen LogP contribution is 2.36. The van der Waals surface area contributed by atoms with Gasteiger partial charge in [-0.05, 0) is 61.2 Å². The number of carbonyl (C=O) groups is 1. The van der Waals surface area contributed by atoms with Crippen molar-refractivity contribution in [3.05, 3.63) is 94.3 Å². The predicted octanol–water partition coefficient (Wildman–Crippen LogP) is 6.29. The number of fused-ring (bicyclic) bond motifs is 1. The van der Waals surface area contributed by atoms with E-state index in [-0.39, 0.29) is 12.5 Å². The molecule has 6 heteroatoms. The van der Waals surface area contributed by atoms with E-state index < -0.39 is 0 Å². The molecule has 0 unspecified atom stereocenters. The molecule has 2 heterocycles. The van der Waals surface area contributed by atoms with Gasteiger partial charge in [-0.15, -0.1) is 11.3 Å². The highest BCUT2D eigenvalue weighted by Gasteiger charge is 2.26. The molecular weight excluding hydrogens is 456 g/mol. The van der Waals surface area contributed by atoms with Crippen molar-refractivity contribution in [2.75, 3.05) is 24.7 Å². The van der Waals surface area contributed by atoms with Gasteiger partial charge >= 0.3 is 0 Å². The van der Waals surface area contributed by atoms with Gasteiger partial charge in [-0.25, -0.2) is 4.98 Å². The third-order valence-corrected chi connectivity index (χ3v) is 6.83. The van der Waals surface area contributed by atoms with Gasteiger partial charge in [0.05, 0.1) is 23.0 Å². The Balaban J connectivity index is 1.24. The zero-order chi connectivity index (χ0) is 24.0. The lowest BCUT2D eigenvalue weighted by molar-refractivity contribution is -0.121. The molecular formula is C29H28N2O3S. The Morgan fingerprint density at radius 1 is 1.03 bits per heavy atom. The normalized spacial score (nSPS) is 12.8. The number of aryl methyl sites for hydroxylation is 1. The molecule has 0 bridgehead atoms. The first-order valence-corrected chi connectivity index (χ1v) is 12.8. The Bertz CT molecular complexity index is 1300. The van der Waals surface area contributed by atoms with Crippen LogP contribution in [0.25, 0.3) is 11.3 Å². The number of unbranched alkanes of at least 4 members (excludes halogenated alkanes) is 1. The summed E-state index contributed by atoms with van der Waals surface area (Å²) < 4.78 is 11.6. The molecule has 0 atom stereocenters. The number of amides is 1. The van der Waals surface area contributed by atoms with Gasteiger partial charge in [0.1, 0.15) is 11.5 Å². The van der Waals surface area contributed by atoms with Gasteiger partial charge in [0.2, 0.25) is 0 Å². The van der Waals surface area contributed by atoms with Gasteiger partial charge in [0, 0.05) is 23.9 Å². The van der Waals surface area contributed by atoms with E-state index in [4.69, 9.17) is 14.5 Å². The minimum atomic E-state index is -0.0164. The fourth-order valence-corrected chi connectivity index (χ4v) is 5.01. The largest absolute Gasteiger partial charge is 0.494 e. The number of anilines is 1. The SMILES string of the molecule is Cc1cccc(OCCCCN2C(=O)COc3ccc(-c4csc(Cc5ccccc5)n4)cc32)c1. The summed E-state index contributed by atoms with van der Waals surface area (Å²) in [6, 6.07) is 24.4. The molecule has 0 fully saturated rings. The number of ether oxygens (including phenoxy) is 2. The van der Waals surface area contributed by atoms with Crippen LogP contribution in [0, 0.1) is 6.92 Å². The van der Waals surface area contributed by atoms with E-state index in [1.165, 1.54) is 11.1 Å². The first-order valence-electron chi connectivity index (χ1n) is 11.9. The van der Waals surface area contributed by atoms with Crippen molar-refractivity contribution in [3.63, 3.8) is 0 Å². The molecule has 4 aromatic rings. The maximum Gasteiger partial charge on any atom is 0.265 e. The first-order chi connectivity index (χ1) is 17.2. The fourth-order valence-electron chi connectivity index (χ4n) is 4.17. The van der Waals surface area contributed by atoms with Crippen molar-refractivity contribution < 1.29 is 14.3 Å². The van der Waals surface area contributed by atoms with Gasteiger partial charge < -0.3 is 14.4 Å². The van der Waals surface area contributed by atoms with Crippen LogP contribution >= 0.6 is 11.3 Å². The lowest BCUT2D eigenvalue weighted by Crippen LogP contribution is -2.39. The Morgan fingerprint density at radius 3 is 2.77 bits per heavy atom. The molecule has 5 rings (SSSR count). The molecule has 1 aliphatic rings. The summed E-state index contributed by atoms with van der Waals surface area (Å²) in [6.07, 6.45) is 2.52. The molecule has 0 radical (unpaired) electrons. The van der Waals surface area contributed by atoms with E-state index in [1.807, 2.05) is 59.5 Å². The zero-order valence-electron chi connectivity index (χ0n) is 19.8. The monoisotopic (exact) mass is 484 g/mol. The van der Waals surface area contributed by atoms with Gasteiger partial charge in [-0.1, -0.05) is 42.5 Å². The summed E-state index contributed by atoms with van der Waals surface area (Å²) >= 11 is 1.66. The van der Waals surface area contributed by atoms with Gasteiger partial charge in [0.15, 0.2) is 6.61 Å². The summed E-state index contributed by atoms with van der Waals surface area (Å²) in [5, 5.41) is 3.15. The van der Waals surface area contributed by atoms with Gasteiger partial charge in [0.25, 0.3) is 5.91 Å². The van der Waals surface area contributed by atoms with Crippen LogP contribution < -0.4 is 14.4 Å². The van der Waals surface area contributed by atoms with Crippen LogP contribution in [0.4, 0.5) is 5.69 Å². The van der Waals surface area contributed by atoms with Gasteiger partial charge in [-0.2, -0.15) is 0 Å². The highest BCUT2D eigenvalue weighted by molar-refractivity contribution is 7.10. The van der Waals surface area contributed by atoms with Crippen molar-refractivity contribution in [2.24, 2.45) is 0 Å². The highest BCUT2D eigenvalue weighted by atomic mass is 32.1. The average Bonchev–Trinajstić information content (AvgIpc) is 3.34. The molecule has 3 aromatic carbocycles. The van der Waals surface area contributed by atoms with Crippen molar-refractivity contribution in [1.82, 2.24) is 4.98 Å². The van der Waals surface area contributed by atoms with Crippen LogP contribution in [-0.4, -0.2) is 30.6 Å². The topological polar surface area (TPSA) is 51.7 Å². The third-order valence-electron chi connectivity index (χ3n) is 5.98. The number of aromatic nitrogens is 1. The first kappa shape index (κ1) is 23.1. The standard InChI is InChI=1S/C29H28N2O3S/c1-21-8-7-11-24(16-21)33-15-6-5-14-31-26-18-23(12-13-27(26)34-19-29(31)32)25-20-35-28(30-25)17-22-9-3-2-4-10-22/h2-4,7-13,16,18,20H,5-6,14-15,17,19H2,1H3. The Morgan fingerprint density at radius 2 is 1.91 bits per heavy atom. The number of nitrogens with zero attached hydrogens (tertiary/aromatic N) is 2. The van der Waals surface area contributed by atoms with Crippen LogP contribution in [0.1, 0.15) is 29.0 Å². The molecule has 1 aromatic heterocycles. The van der Waals surface area contributed by atoms with E-state index >= 15 is 0 Å². The van der Waals surface area contributed by atoms with Crippen LogP contribution in [0.5, 0.6) is 11.5 Å². The molecule has 1 aliphatic heterocycles. The van der Waals surface area contributed by atoms with Crippen LogP contribution in [0.3, 0.4) is 0 Å². The van der Waals surface area contributed by atoms with E-state index in [1.54, 1.807) is 11.3 Å². The Labute approximate surface area is 210 Å². The van der Waals surface area contributed by atoms with Crippen molar-refractivity contribution in [1.29, 1.82) is 0 Å². The second-order valence-corrected chi connectivity index (χ2v) is 9.62. The number of benzene rings is 3. The number of thiazole rings is 1. The lowest BCUT2D eigenvalue weighted by atomic mass is 10.1. The average molecular weight is 485 g/mol. The fraction of sp³-hybridized carbons (Fsp3) is 0.241. The van der Waals surface area contributed by atoms with Crippen molar-refractivity contribution in [2.45, 2.75) is 26.2 Å². The summed E-state index contributed by atoms with van der Waals surface area (Å²) in [4.78, 5) is 19.4. The molecule has 0 aliphatic carbocycles. The van der Waals surface area contributed by atoms with Crippen molar-refractivity contribution >= 4 is 22.9 Å². The molecule has 0 saturated heterocycles. The summed E-state index contributed by atoms with van der Waals surface area (Å²) in [6.45, 7) is 3.38. The Hall–Kier alpha value is -3.64. The van der Waals surface area contributed by atoms with E-state index in [9.17, 15) is 4.79 Å². The molecule has 35 heavy (non-hydrogen) atoms. The Kier molecular flexibility index (Phi) is 7.09. The van der Waals surface area contributed by atoms with Crippen LogP contribution in [0.15, 0.2) is 78.2 Å². The van der Waals surface area contributed by atoms with E-state index in [0.29, 0.717) is 13.2 Å². The smallest absolute Gasteiger partial charge is 0.265 e. The van der Waals surface area contributed by atoms with Gasteiger partial charge in [-0.3, -0.25) is 4.79 Å². The van der Waals surface area contributed by atoms with E-state index in [0.717, 1.165) is 52.7 Å². The molecule has 178 valence electrons. The second-order valence-electron chi connectivity index (χ2n) is 8.68. The molecule has 0 spiro atoms. The van der Waals surface area contributed by atoms with Crippen LogP contribution in [0.2, 0.25) is 0 Å². The zero-order valence-corrected chi connectivity index (χ0v) is 20.6. The minimum Gasteiger partial charge on any atom is -0.494 e. The quantitative estimate of drug-likeness (QED) is 0.262. The van der Waals surface area contributed by atoms with Crippen molar-refractivity contribution in [3.8, 4) is 22.8 Å². The minimum absolute atomic E-state index is 0.0164. The molecule has 0 saturated carbocycles. The van der Waals surface area contributed by atoms with E-state index in [2.05, 4.69) is 30.5 Å². The lowest BCUT2D eigenvalue weighted by Gasteiger charge is -2.29. The predicted molar refractivity (Wildman–Crippen MR) is 141 cm³/mol. The summed E-state index contributed by atoms with van der Waals surface area (Å²) in [5.74, 6) is 1.61. The number of carbonyl (C=O) groups excluding carboxylic acids is 1. The maximum absolute atomic E-state index is 12.7. The molecule has 1 amide bonds. The van der Waals surface area contributed by atoms with Crippen LogP contribution in [-0.2, 0) is 11.2 Å². The molecule has 5 nitrogen and oxygen atoms in total. The molecule has 0 N–H and O–H groups in total. The second kappa shape index (κ2) is 10.7. The number of hydrogen-bond donors (Lipinski definition) is 0.